The van der Waals surface area contributed by atoms with E-state index in [1.807, 2.05) is 64.1 Å². The molecule has 3 aromatic carbocycles. The molecule has 0 aromatic heterocycles. The number of carbonyl (C=O) groups excluding carboxylic acids is 2. The smallest absolute Gasteiger partial charge is 0.264 e. The molecule has 0 saturated carbocycles. The van der Waals surface area contributed by atoms with Crippen molar-refractivity contribution in [2.75, 3.05) is 10.8 Å². The monoisotopic (exact) mass is 599 g/mol. The van der Waals surface area contributed by atoms with Crippen molar-refractivity contribution in [3.05, 3.63) is 94.0 Å². The SMILES string of the molecule is Cc1ccc(N(CC(=O)N(Cc2ccc(Br)cc2)[C@H](C)C(=O)NC(C)C)S(=O)(=O)c2ccccc2)c(C)c1. The lowest BCUT2D eigenvalue weighted by molar-refractivity contribution is -0.139. The summed E-state index contributed by atoms with van der Waals surface area (Å²) >= 11 is 3.42. The highest BCUT2D eigenvalue weighted by Gasteiger charge is 2.33. The molecule has 38 heavy (non-hydrogen) atoms. The number of nitrogens with zero attached hydrogens (tertiary/aromatic N) is 2. The van der Waals surface area contributed by atoms with Crippen LogP contribution in [-0.4, -0.2) is 43.8 Å². The summed E-state index contributed by atoms with van der Waals surface area (Å²) in [5.41, 5.74) is 2.93. The Morgan fingerprint density at radius 2 is 1.55 bits per heavy atom. The Morgan fingerprint density at radius 3 is 2.13 bits per heavy atom. The van der Waals surface area contributed by atoms with Gasteiger partial charge >= 0.3 is 0 Å². The largest absolute Gasteiger partial charge is 0.352 e. The number of benzene rings is 3. The molecule has 0 unspecified atom stereocenters. The number of aryl methyl sites for hydroxylation is 2. The second-order valence-corrected chi connectivity index (χ2v) is 12.4. The molecule has 202 valence electrons. The highest BCUT2D eigenvalue weighted by atomic mass is 79.9. The number of hydrogen-bond donors (Lipinski definition) is 1. The highest BCUT2D eigenvalue weighted by molar-refractivity contribution is 9.10. The van der Waals surface area contributed by atoms with Crippen LogP contribution in [0.4, 0.5) is 5.69 Å². The van der Waals surface area contributed by atoms with Gasteiger partial charge < -0.3 is 10.2 Å². The van der Waals surface area contributed by atoms with Gasteiger partial charge in [0, 0.05) is 17.1 Å². The van der Waals surface area contributed by atoms with Crippen molar-refractivity contribution in [2.45, 2.75) is 58.1 Å². The molecule has 0 spiro atoms. The van der Waals surface area contributed by atoms with Gasteiger partial charge in [-0.3, -0.25) is 13.9 Å². The summed E-state index contributed by atoms with van der Waals surface area (Å²) in [6.45, 7) is 8.77. The molecule has 3 rings (SSSR count). The molecule has 0 radical (unpaired) electrons. The summed E-state index contributed by atoms with van der Waals surface area (Å²) in [6.07, 6.45) is 0. The summed E-state index contributed by atoms with van der Waals surface area (Å²) in [4.78, 5) is 28.4. The van der Waals surface area contributed by atoms with Crippen molar-refractivity contribution >= 4 is 43.5 Å². The van der Waals surface area contributed by atoms with Gasteiger partial charge in [-0.1, -0.05) is 64.0 Å². The molecule has 0 fully saturated rings. The number of anilines is 1. The van der Waals surface area contributed by atoms with Crippen molar-refractivity contribution in [1.82, 2.24) is 10.2 Å². The summed E-state index contributed by atoms with van der Waals surface area (Å²) in [7, 11) is -4.08. The topological polar surface area (TPSA) is 86.8 Å². The Hall–Kier alpha value is -3.17. The molecule has 0 heterocycles. The molecular formula is C29H34BrN3O4S. The lowest BCUT2D eigenvalue weighted by atomic mass is 10.1. The average Bonchev–Trinajstić information content (AvgIpc) is 2.87. The van der Waals surface area contributed by atoms with Gasteiger partial charge in [0.1, 0.15) is 12.6 Å². The van der Waals surface area contributed by atoms with E-state index in [9.17, 15) is 18.0 Å². The number of rotatable bonds is 10. The minimum Gasteiger partial charge on any atom is -0.352 e. The zero-order valence-electron chi connectivity index (χ0n) is 22.3. The van der Waals surface area contributed by atoms with Crippen LogP contribution in [0, 0.1) is 13.8 Å². The Morgan fingerprint density at radius 1 is 0.921 bits per heavy atom. The second kappa shape index (κ2) is 12.6. The van der Waals surface area contributed by atoms with Gasteiger partial charge in [0.15, 0.2) is 0 Å². The summed E-state index contributed by atoms with van der Waals surface area (Å²) in [6, 6.07) is 20.0. The Kier molecular flexibility index (Phi) is 9.73. The van der Waals surface area contributed by atoms with Gasteiger partial charge in [-0.25, -0.2) is 8.42 Å². The van der Waals surface area contributed by atoms with Crippen LogP contribution in [0.5, 0.6) is 0 Å². The third kappa shape index (κ3) is 7.23. The van der Waals surface area contributed by atoms with Crippen LogP contribution in [0.25, 0.3) is 0 Å². The maximum absolute atomic E-state index is 13.9. The van der Waals surface area contributed by atoms with Crippen LogP contribution >= 0.6 is 15.9 Å². The zero-order chi connectivity index (χ0) is 28.0. The summed E-state index contributed by atoms with van der Waals surface area (Å²) in [5.74, 6) is -0.798. The van der Waals surface area contributed by atoms with E-state index < -0.39 is 28.5 Å². The maximum Gasteiger partial charge on any atom is 0.264 e. The van der Waals surface area contributed by atoms with Crippen molar-refractivity contribution < 1.29 is 18.0 Å². The number of halogens is 1. The first-order valence-corrected chi connectivity index (χ1v) is 14.6. The van der Waals surface area contributed by atoms with E-state index in [1.54, 1.807) is 31.2 Å². The van der Waals surface area contributed by atoms with E-state index in [1.165, 1.54) is 17.0 Å². The molecule has 0 aliphatic rings. The molecule has 0 aliphatic carbocycles. The Bertz CT molecular complexity index is 1380. The normalized spacial score (nSPS) is 12.2. The van der Waals surface area contributed by atoms with Crippen molar-refractivity contribution in [3.63, 3.8) is 0 Å². The van der Waals surface area contributed by atoms with E-state index in [0.717, 1.165) is 25.5 Å². The van der Waals surface area contributed by atoms with Gasteiger partial charge in [0.05, 0.1) is 10.6 Å². The lowest BCUT2D eigenvalue weighted by Gasteiger charge is -2.32. The first kappa shape index (κ1) is 29.4. The molecule has 0 bridgehead atoms. The fraction of sp³-hybridized carbons (Fsp3) is 0.310. The number of carbonyl (C=O) groups is 2. The minimum atomic E-state index is -4.08. The van der Waals surface area contributed by atoms with Crippen LogP contribution in [-0.2, 0) is 26.2 Å². The number of hydrogen-bond acceptors (Lipinski definition) is 4. The van der Waals surface area contributed by atoms with Crippen LogP contribution in [0.3, 0.4) is 0 Å². The van der Waals surface area contributed by atoms with Gasteiger partial charge in [-0.15, -0.1) is 0 Å². The molecule has 9 heteroatoms. The maximum atomic E-state index is 13.9. The fourth-order valence-electron chi connectivity index (χ4n) is 4.09. The molecule has 2 amide bonds. The van der Waals surface area contributed by atoms with Crippen molar-refractivity contribution in [2.24, 2.45) is 0 Å². The van der Waals surface area contributed by atoms with Crippen molar-refractivity contribution in [1.29, 1.82) is 0 Å². The third-order valence-electron chi connectivity index (χ3n) is 6.10. The molecule has 0 aliphatic heterocycles. The Labute approximate surface area is 234 Å². The van der Waals surface area contributed by atoms with Crippen LogP contribution in [0.1, 0.15) is 37.5 Å². The van der Waals surface area contributed by atoms with Crippen molar-refractivity contribution in [3.8, 4) is 0 Å². The van der Waals surface area contributed by atoms with E-state index in [0.29, 0.717) is 5.69 Å². The molecule has 1 atom stereocenters. The fourth-order valence-corrected chi connectivity index (χ4v) is 5.86. The van der Waals surface area contributed by atoms with Crippen LogP contribution < -0.4 is 9.62 Å². The van der Waals surface area contributed by atoms with E-state index in [2.05, 4.69) is 21.2 Å². The average molecular weight is 601 g/mol. The zero-order valence-corrected chi connectivity index (χ0v) is 24.7. The number of amides is 2. The predicted molar refractivity (Wildman–Crippen MR) is 154 cm³/mol. The number of sulfonamides is 1. The second-order valence-electron chi connectivity index (χ2n) is 9.60. The first-order chi connectivity index (χ1) is 17.9. The van der Waals surface area contributed by atoms with Gasteiger partial charge in [0.25, 0.3) is 10.0 Å². The summed E-state index contributed by atoms with van der Waals surface area (Å²) in [5, 5.41) is 2.86. The van der Waals surface area contributed by atoms with E-state index in [-0.39, 0.29) is 23.4 Å². The lowest BCUT2D eigenvalue weighted by Crippen LogP contribution is -2.52. The quantitative estimate of drug-likeness (QED) is 0.347. The van der Waals surface area contributed by atoms with E-state index >= 15 is 0 Å². The van der Waals surface area contributed by atoms with Gasteiger partial charge in [-0.2, -0.15) is 0 Å². The van der Waals surface area contributed by atoms with Gasteiger partial charge in [0.2, 0.25) is 11.8 Å². The molecule has 0 saturated heterocycles. The molecule has 1 N–H and O–H groups in total. The van der Waals surface area contributed by atoms with Crippen LogP contribution in [0.2, 0.25) is 0 Å². The standard InChI is InChI=1S/C29H34BrN3O4S/c1-20(2)31-29(35)23(5)32(18-24-12-14-25(30)15-13-24)28(34)19-33(27-16-11-21(3)17-22(27)4)38(36,37)26-9-7-6-8-10-26/h6-17,20,23H,18-19H2,1-5H3,(H,31,35)/t23-/m1/s1. The summed E-state index contributed by atoms with van der Waals surface area (Å²) < 4.78 is 29.7. The van der Waals surface area contributed by atoms with Gasteiger partial charge in [-0.05, 0) is 76.1 Å². The predicted octanol–water partition coefficient (Wildman–Crippen LogP) is 5.20. The number of nitrogens with one attached hydrogen (secondary N) is 1. The molecule has 3 aromatic rings. The highest BCUT2D eigenvalue weighted by Crippen LogP contribution is 2.28. The molecular weight excluding hydrogens is 566 g/mol. The third-order valence-corrected chi connectivity index (χ3v) is 8.40. The minimum absolute atomic E-state index is 0.0813. The Balaban J connectivity index is 2.05. The molecule has 7 nitrogen and oxygen atoms in total. The van der Waals surface area contributed by atoms with Crippen LogP contribution in [0.15, 0.2) is 82.2 Å². The van der Waals surface area contributed by atoms with E-state index in [4.69, 9.17) is 0 Å². The first-order valence-electron chi connectivity index (χ1n) is 12.4.